The van der Waals surface area contributed by atoms with Crippen molar-refractivity contribution in [2.45, 2.75) is 31.6 Å². The number of phenolic OH excluding ortho intramolecular Hbond substituents is 1. The monoisotopic (exact) mass is 623 g/mol. The van der Waals surface area contributed by atoms with Gasteiger partial charge in [0.2, 0.25) is 5.91 Å². The first-order chi connectivity index (χ1) is 20.8. The number of hydrogen-bond donors (Lipinski definition) is 1. The number of aryl methyl sites for hydroxylation is 1. The molecule has 1 saturated heterocycles. The Hall–Kier alpha value is -4.65. The van der Waals surface area contributed by atoms with E-state index in [-0.39, 0.29) is 60.4 Å². The second kappa shape index (κ2) is 11.5. The first kappa shape index (κ1) is 30.8. The van der Waals surface area contributed by atoms with E-state index in [1.165, 1.54) is 23.1 Å². The molecule has 13 heteroatoms. The maximum atomic E-state index is 16.0. The standard InChI is InChI=1S/C31H31F2N5O5S/c1-6-23(40)36-12-14-37(15-13-36)28-19-16-21(33)26(24-20(32)8-7-9-22(24)39)35-30(19)38(31(41)29(28)44(5,42)43)27-18(4)10-11-34-25(27)17(2)3/h6-11,16-17,39H,1,12-15H2,2-5H3. The van der Waals surface area contributed by atoms with Crippen LogP contribution in [0, 0.1) is 18.6 Å². The summed E-state index contributed by atoms with van der Waals surface area (Å²) in [5.41, 5.74) is -0.956. The van der Waals surface area contributed by atoms with Gasteiger partial charge >= 0.3 is 0 Å². The Morgan fingerprint density at radius 2 is 1.77 bits per heavy atom. The molecule has 0 bridgehead atoms. The van der Waals surface area contributed by atoms with Crippen molar-refractivity contribution < 1.29 is 27.1 Å². The van der Waals surface area contributed by atoms with E-state index in [4.69, 9.17) is 0 Å². The van der Waals surface area contributed by atoms with Gasteiger partial charge in [-0.1, -0.05) is 26.5 Å². The van der Waals surface area contributed by atoms with E-state index in [0.29, 0.717) is 11.3 Å². The number of hydrogen-bond acceptors (Lipinski definition) is 8. The summed E-state index contributed by atoms with van der Waals surface area (Å²) in [5.74, 6) is -3.08. The third-order valence-electron chi connectivity index (χ3n) is 7.64. The molecule has 230 valence electrons. The van der Waals surface area contributed by atoms with Gasteiger partial charge in [-0.2, -0.15) is 0 Å². The van der Waals surface area contributed by atoms with Crippen LogP contribution in [0.15, 0.2) is 58.9 Å². The van der Waals surface area contributed by atoms with Gasteiger partial charge in [-0.05, 0) is 48.7 Å². The first-order valence-corrected chi connectivity index (χ1v) is 15.7. The Bertz CT molecular complexity index is 1980. The predicted octanol–water partition coefficient (Wildman–Crippen LogP) is 4.10. The molecule has 0 spiro atoms. The number of rotatable bonds is 6. The number of carbonyl (C=O) groups is 1. The van der Waals surface area contributed by atoms with Crippen LogP contribution in [0.2, 0.25) is 0 Å². The van der Waals surface area contributed by atoms with E-state index >= 15 is 8.78 Å². The summed E-state index contributed by atoms with van der Waals surface area (Å²) in [7, 11) is -4.25. The highest BCUT2D eigenvalue weighted by molar-refractivity contribution is 7.90. The van der Waals surface area contributed by atoms with Gasteiger partial charge in [-0.15, -0.1) is 0 Å². The Kier molecular flexibility index (Phi) is 8.02. The van der Waals surface area contributed by atoms with Crippen LogP contribution in [-0.4, -0.2) is 71.3 Å². The van der Waals surface area contributed by atoms with Crippen LogP contribution in [-0.2, 0) is 14.6 Å². The van der Waals surface area contributed by atoms with E-state index < -0.39 is 48.9 Å². The van der Waals surface area contributed by atoms with Crippen molar-refractivity contribution in [3.63, 3.8) is 0 Å². The Morgan fingerprint density at radius 3 is 2.36 bits per heavy atom. The van der Waals surface area contributed by atoms with Crippen molar-refractivity contribution in [3.05, 3.63) is 82.4 Å². The predicted molar refractivity (Wildman–Crippen MR) is 163 cm³/mol. The number of halogens is 2. The fraction of sp³-hybridized carbons (Fsp3) is 0.290. The zero-order chi connectivity index (χ0) is 32.1. The van der Waals surface area contributed by atoms with Crippen LogP contribution in [0.1, 0.15) is 31.0 Å². The molecule has 1 aromatic carbocycles. The summed E-state index contributed by atoms with van der Waals surface area (Å²) < 4.78 is 58.9. The largest absolute Gasteiger partial charge is 0.507 e. The number of nitrogens with zero attached hydrogens (tertiary/aromatic N) is 5. The van der Waals surface area contributed by atoms with Crippen LogP contribution < -0.4 is 10.5 Å². The van der Waals surface area contributed by atoms with Crippen LogP contribution in [0.3, 0.4) is 0 Å². The van der Waals surface area contributed by atoms with Gasteiger partial charge in [0.15, 0.2) is 26.2 Å². The number of amides is 1. The van der Waals surface area contributed by atoms with Gasteiger partial charge in [0, 0.05) is 44.0 Å². The molecule has 10 nitrogen and oxygen atoms in total. The number of fused-ring (bicyclic) bond motifs is 1. The number of aromatic hydroxyl groups is 1. The minimum Gasteiger partial charge on any atom is -0.507 e. The van der Waals surface area contributed by atoms with Crippen molar-refractivity contribution >= 4 is 32.5 Å². The lowest BCUT2D eigenvalue weighted by Gasteiger charge is -2.37. The molecule has 1 fully saturated rings. The Balaban J connectivity index is 1.96. The van der Waals surface area contributed by atoms with E-state index in [9.17, 15) is 23.1 Å². The molecule has 0 unspecified atom stereocenters. The Labute approximate surface area is 252 Å². The second-order valence-corrected chi connectivity index (χ2v) is 12.9. The molecule has 1 amide bonds. The van der Waals surface area contributed by atoms with Gasteiger partial charge in [0.1, 0.15) is 17.3 Å². The molecular formula is C31H31F2N5O5S. The maximum absolute atomic E-state index is 16.0. The Morgan fingerprint density at radius 1 is 1.09 bits per heavy atom. The third kappa shape index (κ3) is 5.21. The summed E-state index contributed by atoms with van der Waals surface area (Å²) in [6.45, 7) is 9.56. The minimum atomic E-state index is -4.25. The molecule has 0 saturated carbocycles. The molecule has 0 aliphatic carbocycles. The molecule has 3 aromatic heterocycles. The SMILES string of the molecule is C=CC(=O)N1CCN(c2c(S(C)(=O)=O)c(=O)n(-c3c(C)ccnc3C(C)C)c3nc(-c4c(O)cccc4F)c(F)cc23)CC1. The number of sulfone groups is 1. The van der Waals surface area contributed by atoms with Gasteiger partial charge in [-0.3, -0.25) is 19.1 Å². The average Bonchev–Trinajstić information content (AvgIpc) is 2.96. The van der Waals surface area contributed by atoms with Gasteiger partial charge in [0.25, 0.3) is 5.56 Å². The van der Waals surface area contributed by atoms with Crippen LogP contribution in [0.4, 0.5) is 14.5 Å². The molecule has 44 heavy (non-hydrogen) atoms. The molecule has 4 aromatic rings. The highest BCUT2D eigenvalue weighted by Crippen LogP contribution is 2.39. The topological polar surface area (TPSA) is 126 Å². The fourth-order valence-corrected chi connectivity index (χ4v) is 6.59. The highest BCUT2D eigenvalue weighted by atomic mass is 32.2. The van der Waals surface area contributed by atoms with E-state index in [0.717, 1.165) is 23.0 Å². The molecular weight excluding hydrogens is 592 g/mol. The quantitative estimate of drug-likeness (QED) is 0.319. The molecule has 0 atom stereocenters. The normalized spacial score (nSPS) is 14.0. The van der Waals surface area contributed by atoms with Crippen molar-refractivity contribution in [3.8, 4) is 22.7 Å². The highest BCUT2D eigenvalue weighted by Gasteiger charge is 2.33. The number of carbonyl (C=O) groups excluding carboxylic acids is 1. The first-order valence-electron chi connectivity index (χ1n) is 13.9. The molecule has 1 aliphatic heterocycles. The summed E-state index contributed by atoms with van der Waals surface area (Å²) in [6, 6.07) is 6.13. The zero-order valence-corrected chi connectivity index (χ0v) is 25.5. The average molecular weight is 624 g/mol. The number of pyridine rings is 3. The maximum Gasteiger partial charge on any atom is 0.277 e. The van der Waals surface area contributed by atoms with Crippen LogP contribution in [0.25, 0.3) is 28.0 Å². The zero-order valence-electron chi connectivity index (χ0n) is 24.6. The fourth-order valence-electron chi connectivity index (χ4n) is 5.59. The number of phenols is 1. The summed E-state index contributed by atoms with van der Waals surface area (Å²) in [4.78, 5) is 38.2. The van der Waals surface area contributed by atoms with E-state index in [1.807, 2.05) is 13.8 Å². The molecule has 1 aliphatic rings. The number of benzene rings is 1. The number of aromatic nitrogens is 3. The van der Waals surface area contributed by atoms with Crippen molar-refractivity contribution in [1.82, 2.24) is 19.4 Å². The molecule has 1 N–H and O–H groups in total. The van der Waals surface area contributed by atoms with Gasteiger partial charge in [-0.25, -0.2) is 22.2 Å². The van der Waals surface area contributed by atoms with Crippen molar-refractivity contribution in [2.24, 2.45) is 0 Å². The lowest BCUT2D eigenvalue weighted by molar-refractivity contribution is -0.126. The van der Waals surface area contributed by atoms with Gasteiger partial charge in [0.05, 0.1) is 22.6 Å². The molecule has 0 radical (unpaired) electrons. The smallest absolute Gasteiger partial charge is 0.277 e. The van der Waals surface area contributed by atoms with Crippen molar-refractivity contribution in [2.75, 3.05) is 37.3 Å². The van der Waals surface area contributed by atoms with Crippen LogP contribution in [0.5, 0.6) is 5.75 Å². The molecule has 5 rings (SSSR count). The lowest BCUT2D eigenvalue weighted by Crippen LogP contribution is -2.49. The summed E-state index contributed by atoms with van der Waals surface area (Å²) in [6.07, 6.45) is 3.64. The third-order valence-corrected chi connectivity index (χ3v) is 8.75. The van der Waals surface area contributed by atoms with E-state index in [2.05, 4.69) is 16.5 Å². The minimum absolute atomic E-state index is 0.0245. The second-order valence-electron chi connectivity index (χ2n) is 10.9. The number of anilines is 1. The van der Waals surface area contributed by atoms with Gasteiger partial charge < -0.3 is 14.9 Å². The van der Waals surface area contributed by atoms with E-state index in [1.54, 1.807) is 24.1 Å². The van der Waals surface area contributed by atoms with Crippen LogP contribution >= 0.6 is 0 Å². The summed E-state index contributed by atoms with van der Waals surface area (Å²) >= 11 is 0. The molecule has 4 heterocycles. The number of piperazine rings is 1. The summed E-state index contributed by atoms with van der Waals surface area (Å²) in [5, 5.41) is 10.5. The van der Waals surface area contributed by atoms with Crippen molar-refractivity contribution in [1.29, 1.82) is 0 Å². The lowest BCUT2D eigenvalue weighted by atomic mass is 10.0.